The minimum Gasteiger partial charge on any atom is -0.482 e. The van der Waals surface area contributed by atoms with Gasteiger partial charge in [0.2, 0.25) is 0 Å². The summed E-state index contributed by atoms with van der Waals surface area (Å²) in [5, 5.41) is 2.89. The van der Waals surface area contributed by atoms with Crippen molar-refractivity contribution >= 4 is 23.2 Å². The fraction of sp³-hybridized carbons (Fsp3) is 0.300. The molecule has 5 heteroatoms. The molecule has 1 aliphatic heterocycles. The molecule has 1 N–H and O–H groups in total. The Labute approximate surface area is 147 Å². The molecule has 0 spiro atoms. The van der Waals surface area contributed by atoms with Crippen molar-refractivity contribution < 1.29 is 14.3 Å². The molecule has 2 aromatic rings. The average Bonchev–Trinajstić information content (AvgIpc) is 2.57. The van der Waals surface area contributed by atoms with Crippen LogP contribution in [-0.4, -0.2) is 25.0 Å². The van der Waals surface area contributed by atoms with Gasteiger partial charge in [-0.15, -0.1) is 0 Å². The fourth-order valence-electron chi connectivity index (χ4n) is 2.83. The summed E-state index contributed by atoms with van der Waals surface area (Å²) in [4.78, 5) is 26.4. The average molecular weight is 338 g/mol. The van der Waals surface area contributed by atoms with Gasteiger partial charge in [0.1, 0.15) is 5.75 Å². The second-order valence-electron chi connectivity index (χ2n) is 6.69. The maximum absolute atomic E-state index is 12.4. The summed E-state index contributed by atoms with van der Waals surface area (Å²) in [5.74, 6) is 0.750. The lowest BCUT2D eigenvalue weighted by atomic mass is 10.1. The summed E-state index contributed by atoms with van der Waals surface area (Å²) in [6.07, 6.45) is 0. The van der Waals surface area contributed by atoms with Gasteiger partial charge in [0.15, 0.2) is 6.61 Å². The molecule has 0 unspecified atom stereocenters. The van der Waals surface area contributed by atoms with Gasteiger partial charge in [-0.25, -0.2) is 0 Å². The van der Waals surface area contributed by atoms with Crippen molar-refractivity contribution in [3.8, 4) is 5.75 Å². The van der Waals surface area contributed by atoms with E-state index in [-0.39, 0.29) is 18.4 Å². The minimum atomic E-state index is -0.179. The maximum atomic E-state index is 12.4. The molecule has 1 heterocycles. The van der Waals surface area contributed by atoms with E-state index in [2.05, 4.69) is 19.2 Å². The van der Waals surface area contributed by atoms with Crippen molar-refractivity contribution in [2.45, 2.75) is 20.8 Å². The monoisotopic (exact) mass is 338 g/mol. The first-order valence-corrected chi connectivity index (χ1v) is 8.39. The lowest BCUT2D eigenvalue weighted by Crippen LogP contribution is -2.41. The molecule has 0 radical (unpaired) electrons. The van der Waals surface area contributed by atoms with E-state index in [1.165, 1.54) is 0 Å². The van der Waals surface area contributed by atoms with Crippen LogP contribution in [0.1, 0.15) is 29.8 Å². The number of nitrogens with zero attached hydrogens (tertiary/aromatic N) is 1. The number of rotatable bonds is 4. The summed E-state index contributed by atoms with van der Waals surface area (Å²) in [6.45, 7) is 6.74. The molecule has 2 aromatic carbocycles. The Balaban J connectivity index is 1.86. The summed E-state index contributed by atoms with van der Waals surface area (Å²) in [7, 11) is 0. The molecule has 1 aliphatic rings. The van der Waals surface area contributed by atoms with Crippen LogP contribution in [0.2, 0.25) is 0 Å². The van der Waals surface area contributed by atoms with Crippen LogP contribution in [0.25, 0.3) is 0 Å². The highest BCUT2D eigenvalue weighted by molar-refractivity contribution is 6.05. The molecule has 25 heavy (non-hydrogen) atoms. The molecule has 0 aromatic heterocycles. The number of carbonyl (C=O) groups is 2. The van der Waals surface area contributed by atoms with E-state index in [1.807, 2.05) is 25.1 Å². The summed E-state index contributed by atoms with van der Waals surface area (Å²) < 4.78 is 5.50. The van der Waals surface area contributed by atoms with Crippen molar-refractivity contribution in [3.63, 3.8) is 0 Å². The van der Waals surface area contributed by atoms with Crippen LogP contribution < -0.4 is 15.0 Å². The van der Waals surface area contributed by atoms with Crippen LogP contribution in [0.5, 0.6) is 5.75 Å². The number of ether oxygens (including phenoxy) is 1. The summed E-state index contributed by atoms with van der Waals surface area (Å²) in [6, 6.07) is 12.8. The number of hydrogen-bond donors (Lipinski definition) is 1. The molecule has 2 amide bonds. The number of benzene rings is 2. The normalized spacial score (nSPS) is 13.4. The molecular formula is C20H22N2O3. The first kappa shape index (κ1) is 17.0. The number of anilines is 2. The third-order valence-electron chi connectivity index (χ3n) is 3.99. The van der Waals surface area contributed by atoms with E-state index >= 15 is 0 Å². The van der Waals surface area contributed by atoms with Crippen molar-refractivity contribution in [1.29, 1.82) is 0 Å². The van der Waals surface area contributed by atoms with Gasteiger partial charge < -0.3 is 15.0 Å². The number of carbonyl (C=O) groups excluding carboxylic acids is 2. The third-order valence-corrected chi connectivity index (χ3v) is 3.99. The van der Waals surface area contributed by atoms with Crippen molar-refractivity contribution in [1.82, 2.24) is 0 Å². The van der Waals surface area contributed by atoms with E-state index in [0.29, 0.717) is 35.2 Å². The van der Waals surface area contributed by atoms with Gasteiger partial charge in [-0.2, -0.15) is 0 Å². The molecule has 130 valence electrons. The molecule has 3 rings (SSSR count). The van der Waals surface area contributed by atoms with Crippen molar-refractivity contribution in [2.75, 3.05) is 23.4 Å². The van der Waals surface area contributed by atoms with Gasteiger partial charge in [0.05, 0.1) is 5.69 Å². The zero-order valence-corrected chi connectivity index (χ0v) is 14.7. The van der Waals surface area contributed by atoms with Gasteiger partial charge in [-0.1, -0.05) is 31.5 Å². The minimum absolute atomic E-state index is 0.0503. The number of hydrogen-bond acceptors (Lipinski definition) is 3. The Morgan fingerprint density at radius 1 is 1.24 bits per heavy atom. The number of fused-ring (bicyclic) bond motifs is 1. The molecule has 5 nitrogen and oxygen atoms in total. The van der Waals surface area contributed by atoms with Crippen LogP contribution in [0, 0.1) is 12.8 Å². The number of aryl methyl sites for hydroxylation is 1. The van der Waals surface area contributed by atoms with E-state index in [0.717, 1.165) is 5.56 Å². The number of amides is 2. The topological polar surface area (TPSA) is 58.6 Å². The fourth-order valence-corrected chi connectivity index (χ4v) is 2.83. The lowest BCUT2D eigenvalue weighted by Gasteiger charge is -2.31. The Hall–Kier alpha value is -2.82. The van der Waals surface area contributed by atoms with Gasteiger partial charge in [-0.05, 0) is 43.2 Å². The molecule has 0 aliphatic carbocycles. The quantitative estimate of drug-likeness (QED) is 0.926. The Morgan fingerprint density at radius 2 is 2.04 bits per heavy atom. The van der Waals surface area contributed by atoms with Crippen LogP contribution >= 0.6 is 0 Å². The molecule has 0 atom stereocenters. The molecule has 0 bridgehead atoms. The summed E-state index contributed by atoms with van der Waals surface area (Å²) in [5.41, 5.74) is 2.97. The Kier molecular flexibility index (Phi) is 4.74. The SMILES string of the molecule is Cc1cccc(C(=O)Nc2ccc3c(c2)N(CC(C)C)C(=O)CO3)c1. The van der Waals surface area contributed by atoms with E-state index < -0.39 is 0 Å². The molecule has 0 fully saturated rings. The predicted octanol–water partition coefficient (Wildman–Crippen LogP) is 3.63. The highest BCUT2D eigenvalue weighted by atomic mass is 16.5. The zero-order chi connectivity index (χ0) is 18.0. The maximum Gasteiger partial charge on any atom is 0.265 e. The van der Waals surface area contributed by atoms with Gasteiger partial charge >= 0.3 is 0 Å². The van der Waals surface area contributed by atoms with Gasteiger partial charge in [0, 0.05) is 17.8 Å². The summed E-state index contributed by atoms with van der Waals surface area (Å²) >= 11 is 0. The Bertz CT molecular complexity index is 814. The Morgan fingerprint density at radius 3 is 2.76 bits per heavy atom. The van der Waals surface area contributed by atoms with Crippen molar-refractivity contribution in [2.24, 2.45) is 5.92 Å². The van der Waals surface area contributed by atoms with Crippen LogP contribution in [0.4, 0.5) is 11.4 Å². The van der Waals surface area contributed by atoms with Crippen LogP contribution in [0.3, 0.4) is 0 Å². The second-order valence-corrected chi connectivity index (χ2v) is 6.69. The van der Waals surface area contributed by atoms with Gasteiger partial charge in [0.25, 0.3) is 11.8 Å². The number of nitrogens with one attached hydrogen (secondary N) is 1. The largest absolute Gasteiger partial charge is 0.482 e. The standard InChI is InChI=1S/C20H22N2O3/c1-13(2)11-22-17-10-16(7-8-18(17)25-12-19(22)23)21-20(24)15-6-4-5-14(3)9-15/h4-10,13H,11-12H2,1-3H3,(H,21,24). The van der Waals surface area contributed by atoms with Gasteiger partial charge in [-0.3, -0.25) is 9.59 Å². The second kappa shape index (κ2) is 6.97. The molecule has 0 saturated heterocycles. The van der Waals surface area contributed by atoms with E-state index in [9.17, 15) is 9.59 Å². The van der Waals surface area contributed by atoms with E-state index in [4.69, 9.17) is 4.74 Å². The zero-order valence-electron chi connectivity index (χ0n) is 14.7. The lowest BCUT2D eigenvalue weighted by molar-refractivity contribution is -0.121. The highest BCUT2D eigenvalue weighted by Gasteiger charge is 2.26. The highest BCUT2D eigenvalue weighted by Crippen LogP contribution is 2.35. The van der Waals surface area contributed by atoms with Crippen LogP contribution in [-0.2, 0) is 4.79 Å². The third kappa shape index (κ3) is 3.82. The van der Waals surface area contributed by atoms with Crippen LogP contribution in [0.15, 0.2) is 42.5 Å². The first-order valence-electron chi connectivity index (χ1n) is 8.39. The predicted molar refractivity (Wildman–Crippen MR) is 98.3 cm³/mol. The smallest absolute Gasteiger partial charge is 0.265 e. The van der Waals surface area contributed by atoms with Crippen molar-refractivity contribution in [3.05, 3.63) is 53.6 Å². The first-order chi connectivity index (χ1) is 11.9. The van der Waals surface area contributed by atoms with E-state index in [1.54, 1.807) is 29.2 Å². The molecule has 0 saturated carbocycles. The molecular weight excluding hydrogens is 316 g/mol.